The van der Waals surface area contributed by atoms with Crippen molar-refractivity contribution in [2.75, 3.05) is 45.9 Å². The van der Waals surface area contributed by atoms with Gasteiger partial charge in [-0.3, -0.25) is 14.6 Å². The molecule has 1 N–H and O–H groups in total. The Balaban J connectivity index is 2.07. The molecular weight excluding hydrogens is 338 g/mol. The molecular formula is C22H37N3O2. The molecule has 1 heterocycles. The number of hydrogen-bond donors (Lipinski definition) is 1. The third kappa shape index (κ3) is 6.59. The number of nitrogens with zero attached hydrogens (tertiary/aromatic N) is 2. The van der Waals surface area contributed by atoms with Crippen LogP contribution in [0.2, 0.25) is 0 Å². The van der Waals surface area contributed by atoms with Crippen molar-refractivity contribution in [2.45, 2.75) is 46.2 Å². The van der Waals surface area contributed by atoms with E-state index >= 15 is 0 Å². The smallest absolute Gasteiger partial charge is 0.242 e. The molecule has 1 aliphatic heterocycles. The van der Waals surface area contributed by atoms with Gasteiger partial charge in [0.15, 0.2) is 0 Å². The van der Waals surface area contributed by atoms with E-state index in [4.69, 9.17) is 4.74 Å². The van der Waals surface area contributed by atoms with Gasteiger partial charge in [0.25, 0.3) is 0 Å². The first-order valence-electron chi connectivity index (χ1n) is 10.4. The molecule has 1 fully saturated rings. The minimum Gasteiger partial charge on any atom is -0.379 e. The molecule has 1 amide bonds. The number of ether oxygens (including phenoxy) is 1. The predicted octanol–water partition coefficient (Wildman–Crippen LogP) is 2.93. The van der Waals surface area contributed by atoms with E-state index in [2.05, 4.69) is 54.9 Å². The number of amides is 1. The Labute approximate surface area is 165 Å². The van der Waals surface area contributed by atoms with Gasteiger partial charge < -0.3 is 10.1 Å². The van der Waals surface area contributed by atoms with E-state index in [1.165, 1.54) is 0 Å². The summed E-state index contributed by atoms with van der Waals surface area (Å²) in [7, 11) is 0. The molecule has 2 rings (SSSR count). The molecule has 1 aliphatic rings. The van der Waals surface area contributed by atoms with Crippen LogP contribution in [0.4, 0.5) is 0 Å². The highest BCUT2D eigenvalue weighted by Crippen LogP contribution is 2.21. The fraction of sp³-hybridized carbons (Fsp3) is 0.682. The van der Waals surface area contributed by atoms with Crippen molar-refractivity contribution < 1.29 is 9.53 Å². The molecule has 0 spiro atoms. The summed E-state index contributed by atoms with van der Waals surface area (Å²) in [6.45, 7) is 14.6. The Kier molecular flexibility index (Phi) is 9.25. The molecule has 0 saturated carbocycles. The summed E-state index contributed by atoms with van der Waals surface area (Å²) in [6.07, 6.45) is 1.08. The number of carbonyl (C=O) groups excluding carboxylic acids is 1. The Morgan fingerprint density at radius 3 is 2.33 bits per heavy atom. The van der Waals surface area contributed by atoms with Crippen molar-refractivity contribution in [1.29, 1.82) is 0 Å². The maximum Gasteiger partial charge on any atom is 0.242 e. The van der Waals surface area contributed by atoms with Gasteiger partial charge in [0.05, 0.1) is 13.2 Å². The molecule has 0 aliphatic carbocycles. The highest BCUT2D eigenvalue weighted by Gasteiger charge is 2.28. The van der Waals surface area contributed by atoms with Crippen molar-refractivity contribution in [3.8, 4) is 0 Å². The van der Waals surface area contributed by atoms with Gasteiger partial charge in [0.1, 0.15) is 6.04 Å². The number of carbonyl (C=O) groups is 1. The standard InChI is InChI=1S/C22H37N3O2/c1-5-24(6-2)21(19-10-8-7-9-11-19)22(26)23-17-20(16-18(3)4)25-12-14-27-15-13-25/h7-11,18,20-21H,5-6,12-17H2,1-4H3,(H,23,26). The van der Waals surface area contributed by atoms with E-state index in [-0.39, 0.29) is 11.9 Å². The second-order valence-electron chi connectivity index (χ2n) is 7.71. The summed E-state index contributed by atoms with van der Waals surface area (Å²) in [5.41, 5.74) is 1.06. The first-order valence-corrected chi connectivity index (χ1v) is 10.4. The van der Waals surface area contributed by atoms with Crippen LogP contribution < -0.4 is 5.32 Å². The average molecular weight is 376 g/mol. The van der Waals surface area contributed by atoms with Crippen molar-refractivity contribution in [2.24, 2.45) is 5.92 Å². The summed E-state index contributed by atoms with van der Waals surface area (Å²) in [5.74, 6) is 0.703. The van der Waals surface area contributed by atoms with Crippen molar-refractivity contribution in [1.82, 2.24) is 15.1 Å². The summed E-state index contributed by atoms with van der Waals surface area (Å²) in [4.78, 5) is 17.9. The third-order valence-corrected chi connectivity index (χ3v) is 5.36. The molecule has 1 aromatic carbocycles. The SMILES string of the molecule is CCN(CC)C(C(=O)NCC(CC(C)C)N1CCOCC1)c1ccccc1. The molecule has 2 unspecified atom stereocenters. The van der Waals surface area contributed by atoms with Crippen LogP contribution in [0.5, 0.6) is 0 Å². The van der Waals surface area contributed by atoms with E-state index < -0.39 is 0 Å². The van der Waals surface area contributed by atoms with Crippen LogP contribution in [0.25, 0.3) is 0 Å². The largest absolute Gasteiger partial charge is 0.379 e. The van der Waals surface area contributed by atoms with Gasteiger partial charge in [-0.2, -0.15) is 0 Å². The summed E-state index contributed by atoms with van der Waals surface area (Å²) >= 11 is 0. The van der Waals surface area contributed by atoms with Gasteiger partial charge in [0, 0.05) is 25.7 Å². The minimum atomic E-state index is -0.231. The van der Waals surface area contributed by atoms with Crippen LogP contribution in [0, 0.1) is 5.92 Å². The zero-order valence-electron chi connectivity index (χ0n) is 17.5. The number of morpholine rings is 1. The number of rotatable bonds is 10. The van der Waals surface area contributed by atoms with E-state index in [0.717, 1.165) is 51.4 Å². The molecule has 2 atom stereocenters. The highest BCUT2D eigenvalue weighted by atomic mass is 16.5. The van der Waals surface area contributed by atoms with E-state index in [1.54, 1.807) is 0 Å². The zero-order chi connectivity index (χ0) is 19.6. The van der Waals surface area contributed by atoms with Gasteiger partial charge in [-0.15, -0.1) is 0 Å². The molecule has 1 aromatic rings. The van der Waals surface area contributed by atoms with Gasteiger partial charge in [0.2, 0.25) is 5.91 Å². The van der Waals surface area contributed by atoms with Crippen LogP contribution in [-0.2, 0) is 9.53 Å². The molecule has 5 nitrogen and oxygen atoms in total. The molecule has 0 bridgehead atoms. The van der Waals surface area contributed by atoms with Crippen LogP contribution in [0.15, 0.2) is 30.3 Å². The number of likely N-dealkylation sites (N-methyl/N-ethyl adjacent to an activating group) is 1. The van der Waals surface area contributed by atoms with Gasteiger partial charge in [-0.25, -0.2) is 0 Å². The second-order valence-corrected chi connectivity index (χ2v) is 7.71. The molecule has 0 aromatic heterocycles. The molecule has 0 radical (unpaired) electrons. The Bertz CT molecular complexity index is 540. The zero-order valence-corrected chi connectivity index (χ0v) is 17.5. The lowest BCUT2D eigenvalue weighted by Crippen LogP contribution is -2.50. The lowest BCUT2D eigenvalue weighted by atomic mass is 10.0. The maximum atomic E-state index is 13.2. The van der Waals surface area contributed by atoms with Crippen molar-refractivity contribution in [3.05, 3.63) is 35.9 Å². The molecule has 27 heavy (non-hydrogen) atoms. The van der Waals surface area contributed by atoms with Crippen LogP contribution in [-0.4, -0.2) is 67.7 Å². The van der Waals surface area contributed by atoms with Crippen molar-refractivity contribution in [3.63, 3.8) is 0 Å². The van der Waals surface area contributed by atoms with E-state index in [9.17, 15) is 4.79 Å². The first-order chi connectivity index (χ1) is 13.1. The molecule has 1 saturated heterocycles. The van der Waals surface area contributed by atoms with Crippen LogP contribution >= 0.6 is 0 Å². The molecule has 152 valence electrons. The lowest BCUT2D eigenvalue weighted by molar-refractivity contribution is -0.127. The average Bonchev–Trinajstić information content (AvgIpc) is 2.70. The number of benzene rings is 1. The van der Waals surface area contributed by atoms with E-state index in [1.807, 2.05) is 18.2 Å². The van der Waals surface area contributed by atoms with E-state index in [0.29, 0.717) is 18.5 Å². The fourth-order valence-electron chi connectivity index (χ4n) is 3.92. The summed E-state index contributed by atoms with van der Waals surface area (Å²) < 4.78 is 5.50. The van der Waals surface area contributed by atoms with Crippen LogP contribution in [0.1, 0.15) is 45.7 Å². The first kappa shape index (κ1) is 21.9. The Morgan fingerprint density at radius 2 is 1.78 bits per heavy atom. The Morgan fingerprint density at radius 1 is 1.15 bits per heavy atom. The number of nitrogens with one attached hydrogen (secondary N) is 1. The minimum absolute atomic E-state index is 0.104. The summed E-state index contributed by atoms with van der Waals surface area (Å²) in [6, 6.07) is 10.3. The Hall–Kier alpha value is -1.43. The highest BCUT2D eigenvalue weighted by molar-refractivity contribution is 5.83. The topological polar surface area (TPSA) is 44.8 Å². The summed E-state index contributed by atoms with van der Waals surface area (Å²) in [5, 5.41) is 3.27. The van der Waals surface area contributed by atoms with Crippen molar-refractivity contribution >= 4 is 5.91 Å². The predicted molar refractivity (Wildman–Crippen MR) is 111 cm³/mol. The second kappa shape index (κ2) is 11.4. The van der Waals surface area contributed by atoms with Gasteiger partial charge >= 0.3 is 0 Å². The fourth-order valence-corrected chi connectivity index (χ4v) is 3.92. The third-order valence-electron chi connectivity index (χ3n) is 5.36. The quantitative estimate of drug-likeness (QED) is 0.683. The maximum absolute atomic E-state index is 13.2. The monoisotopic (exact) mass is 375 g/mol. The lowest BCUT2D eigenvalue weighted by Gasteiger charge is -2.36. The number of hydrogen-bond acceptors (Lipinski definition) is 4. The normalized spacial score (nSPS) is 17.9. The van der Waals surface area contributed by atoms with Gasteiger partial charge in [-0.05, 0) is 31.0 Å². The van der Waals surface area contributed by atoms with Crippen LogP contribution in [0.3, 0.4) is 0 Å². The molecule has 5 heteroatoms. The van der Waals surface area contributed by atoms with Gasteiger partial charge in [-0.1, -0.05) is 58.0 Å².